The van der Waals surface area contributed by atoms with Gasteiger partial charge in [-0.25, -0.2) is 4.39 Å². The van der Waals surface area contributed by atoms with E-state index in [1.807, 2.05) is 0 Å². The predicted molar refractivity (Wildman–Crippen MR) is 76.2 cm³/mol. The van der Waals surface area contributed by atoms with Crippen LogP contribution in [0.3, 0.4) is 0 Å². The number of rotatable bonds is 6. The van der Waals surface area contributed by atoms with Crippen LogP contribution in [0.15, 0.2) is 18.2 Å². The van der Waals surface area contributed by atoms with Crippen LogP contribution in [0.5, 0.6) is 0 Å². The average Bonchev–Trinajstić information content (AvgIpc) is 2.83. The maximum atomic E-state index is 13.3. The van der Waals surface area contributed by atoms with Gasteiger partial charge in [0, 0.05) is 17.7 Å². The number of nitrogens with zero attached hydrogens (tertiary/aromatic N) is 1. The highest BCUT2D eigenvalue weighted by Crippen LogP contribution is 2.32. The van der Waals surface area contributed by atoms with Crippen molar-refractivity contribution >= 4 is 5.69 Å². The summed E-state index contributed by atoms with van der Waals surface area (Å²) in [4.78, 5) is 10.6. The van der Waals surface area contributed by atoms with Crippen LogP contribution in [-0.2, 0) is 6.42 Å². The second kappa shape index (κ2) is 6.79. The first-order valence-electron chi connectivity index (χ1n) is 7.28. The summed E-state index contributed by atoms with van der Waals surface area (Å²) < 4.78 is 13.3. The number of halogens is 1. The highest BCUT2D eigenvalue weighted by atomic mass is 19.1. The molecule has 0 saturated heterocycles. The third-order valence-electron chi connectivity index (χ3n) is 4.04. The lowest BCUT2D eigenvalue weighted by atomic mass is 9.93. The van der Waals surface area contributed by atoms with E-state index in [-0.39, 0.29) is 5.69 Å². The number of nitro benzene ring substituents is 1. The molecule has 5 heteroatoms. The van der Waals surface area contributed by atoms with E-state index in [4.69, 9.17) is 0 Å². The van der Waals surface area contributed by atoms with E-state index >= 15 is 0 Å². The fourth-order valence-electron chi connectivity index (χ4n) is 3.06. The minimum atomic E-state index is -0.418. The Morgan fingerprint density at radius 2 is 2.25 bits per heavy atom. The lowest BCUT2D eigenvalue weighted by Gasteiger charge is -2.20. The Bertz CT molecular complexity index is 479. The van der Waals surface area contributed by atoms with Crippen molar-refractivity contribution in [2.75, 3.05) is 6.54 Å². The number of benzene rings is 1. The molecule has 2 atom stereocenters. The maximum absolute atomic E-state index is 13.3. The molecule has 1 fully saturated rings. The Labute approximate surface area is 118 Å². The molecular weight excluding hydrogens is 259 g/mol. The molecule has 0 amide bonds. The van der Waals surface area contributed by atoms with Gasteiger partial charge in [0.1, 0.15) is 5.82 Å². The van der Waals surface area contributed by atoms with Gasteiger partial charge in [0.2, 0.25) is 0 Å². The largest absolute Gasteiger partial charge is 0.314 e. The highest BCUT2D eigenvalue weighted by Gasteiger charge is 2.29. The molecule has 110 valence electrons. The first-order valence-corrected chi connectivity index (χ1v) is 7.28. The fraction of sp³-hybridized carbons (Fsp3) is 0.600. The predicted octanol–water partition coefficient (Wildman–Crippen LogP) is 3.44. The molecule has 1 aliphatic carbocycles. The second-order valence-electron chi connectivity index (χ2n) is 5.49. The molecular formula is C15H21FN2O2. The van der Waals surface area contributed by atoms with Gasteiger partial charge in [0.05, 0.1) is 4.92 Å². The molecule has 0 bridgehead atoms. The van der Waals surface area contributed by atoms with E-state index in [0.717, 1.165) is 38.3 Å². The third-order valence-corrected chi connectivity index (χ3v) is 4.04. The summed E-state index contributed by atoms with van der Waals surface area (Å²) in [6.07, 6.45) is 4.94. The van der Waals surface area contributed by atoms with E-state index in [1.165, 1.54) is 12.1 Å². The van der Waals surface area contributed by atoms with E-state index < -0.39 is 10.7 Å². The van der Waals surface area contributed by atoms with Gasteiger partial charge >= 0.3 is 0 Å². The molecule has 1 aromatic rings. The molecule has 1 saturated carbocycles. The summed E-state index contributed by atoms with van der Waals surface area (Å²) >= 11 is 0. The zero-order valence-electron chi connectivity index (χ0n) is 11.8. The quantitative estimate of drug-likeness (QED) is 0.641. The smallest absolute Gasteiger partial charge is 0.272 e. The highest BCUT2D eigenvalue weighted by molar-refractivity contribution is 5.40. The molecule has 1 N–H and O–H groups in total. The van der Waals surface area contributed by atoms with Gasteiger partial charge in [0.15, 0.2) is 0 Å². The fourth-order valence-corrected chi connectivity index (χ4v) is 3.06. The maximum Gasteiger partial charge on any atom is 0.272 e. The molecule has 0 radical (unpaired) electrons. The summed E-state index contributed by atoms with van der Waals surface area (Å²) in [5, 5.41) is 14.5. The number of hydrogen-bond donors (Lipinski definition) is 1. The molecule has 20 heavy (non-hydrogen) atoms. The molecule has 1 aromatic carbocycles. The Morgan fingerprint density at radius 1 is 1.45 bits per heavy atom. The van der Waals surface area contributed by atoms with Crippen molar-refractivity contribution in [1.82, 2.24) is 5.32 Å². The van der Waals surface area contributed by atoms with E-state index in [0.29, 0.717) is 23.9 Å². The average molecular weight is 280 g/mol. The van der Waals surface area contributed by atoms with Crippen molar-refractivity contribution in [1.29, 1.82) is 0 Å². The van der Waals surface area contributed by atoms with Crippen molar-refractivity contribution in [3.63, 3.8) is 0 Å². The molecule has 0 heterocycles. The lowest BCUT2D eigenvalue weighted by Crippen LogP contribution is -2.33. The summed E-state index contributed by atoms with van der Waals surface area (Å²) in [5.41, 5.74) is 0.553. The summed E-state index contributed by atoms with van der Waals surface area (Å²) in [7, 11) is 0. The van der Waals surface area contributed by atoms with Crippen LogP contribution in [0, 0.1) is 21.8 Å². The van der Waals surface area contributed by atoms with E-state index in [2.05, 4.69) is 12.2 Å². The summed E-state index contributed by atoms with van der Waals surface area (Å²) in [5.74, 6) is -0.0382. The topological polar surface area (TPSA) is 55.2 Å². The zero-order chi connectivity index (χ0) is 14.5. The minimum absolute atomic E-state index is 0.0348. The van der Waals surface area contributed by atoms with Gasteiger partial charge in [0.25, 0.3) is 5.69 Å². The molecule has 0 aromatic heterocycles. The Balaban J connectivity index is 2.12. The summed E-state index contributed by atoms with van der Waals surface area (Å²) in [6, 6.07) is 4.14. The SMILES string of the molecule is CCCNC1CCCC1Cc1cc(F)ccc1[N+](=O)[O-]. The zero-order valence-corrected chi connectivity index (χ0v) is 11.8. The normalized spacial score (nSPS) is 22.1. The Hall–Kier alpha value is -1.49. The van der Waals surface area contributed by atoms with Gasteiger partial charge < -0.3 is 5.32 Å². The molecule has 2 unspecified atom stereocenters. The molecule has 1 aliphatic rings. The standard InChI is InChI=1S/C15H21FN2O2/c1-2-8-17-14-5-3-4-11(14)9-12-10-13(16)6-7-15(12)18(19)20/h6-7,10-11,14,17H,2-5,8-9H2,1H3. The van der Waals surface area contributed by atoms with Crippen molar-refractivity contribution in [2.24, 2.45) is 5.92 Å². The van der Waals surface area contributed by atoms with Crippen LogP contribution in [0.1, 0.15) is 38.2 Å². The van der Waals surface area contributed by atoms with Crippen LogP contribution >= 0.6 is 0 Å². The minimum Gasteiger partial charge on any atom is -0.314 e. The van der Waals surface area contributed by atoms with Crippen LogP contribution in [0.2, 0.25) is 0 Å². The van der Waals surface area contributed by atoms with E-state index in [9.17, 15) is 14.5 Å². The number of hydrogen-bond acceptors (Lipinski definition) is 3. The molecule has 2 rings (SSSR count). The first kappa shape index (κ1) is 14.9. The molecule has 4 nitrogen and oxygen atoms in total. The van der Waals surface area contributed by atoms with Crippen molar-refractivity contribution < 1.29 is 9.31 Å². The Kier molecular flexibility index (Phi) is 5.06. The van der Waals surface area contributed by atoms with Gasteiger partial charge in [-0.05, 0) is 50.3 Å². The van der Waals surface area contributed by atoms with Gasteiger partial charge in [-0.3, -0.25) is 10.1 Å². The molecule has 0 spiro atoms. The van der Waals surface area contributed by atoms with Crippen LogP contribution in [0.25, 0.3) is 0 Å². The Morgan fingerprint density at radius 3 is 2.95 bits per heavy atom. The first-order chi connectivity index (χ1) is 9.61. The number of nitrogens with one attached hydrogen (secondary N) is 1. The van der Waals surface area contributed by atoms with Crippen molar-refractivity contribution in [3.05, 3.63) is 39.7 Å². The van der Waals surface area contributed by atoms with Crippen molar-refractivity contribution in [3.8, 4) is 0 Å². The van der Waals surface area contributed by atoms with Gasteiger partial charge in [-0.15, -0.1) is 0 Å². The van der Waals surface area contributed by atoms with Gasteiger partial charge in [-0.1, -0.05) is 13.3 Å². The van der Waals surface area contributed by atoms with E-state index in [1.54, 1.807) is 0 Å². The van der Waals surface area contributed by atoms with Crippen molar-refractivity contribution in [2.45, 2.75) is 45.1 Å². The van der Waals surface area contributed by atoms with Crippen LogP contribution in [0.4, 0.5) is 10.1 Å². The molecule has 0 aliphatic heterocycles. The van der Waals surface area contributed by atoms with Crippen LogP contribution in [-0.4, -0.2) is 17.5 Å². The summed E-state index contributed by atoms with van der Waals surface area (Å²) in [6.45, 7) is 3.08. The third kappa shape index (κ3) is 3.54. The monoisotopic (exact) mass is 280 g/mol. The van der Waals surface area contributed by atoms with Gasteiger partial charge in [-0.2, -0.15) is 0 Å². The second-order valence-corrected chi connectivity index (χ2v) is 5.49. The lowest BCUT2D eigenvalue weighted by molar-refractivity contribution is -0.385. The number of nitro groups is 1. The van der Waals surface area contributed by atoms with Crippen LogP contribution < -0.4 is 5.32 Å².